The average molecular weight is 492 g/mol. The number of ether oxygens (including phenoxy) is 1. The number of aromatic nitrogens is 3. The number of benzene rings is 1. The molecule has 1 aliphatic rings. The Kier molecular flexibility index (Phi) is 7.02. The zero-order valence-electron chi connectivity index (χ0n) is 17.4. The van der Waals surface area contributed by atoms with Crippen molar-refractivity contribution in [3.63, 3.8) is 0 Å². The standard InChI is InChI=1S/C21H22ClN5O3S2/c1-27-16(10-30-14-8-4-3-7-13(14)22)25-26-21(27)31-11-17(28)24-20-18(19(23)29)12-6-2-5-9-15(12)32-20/h3-4,7-8H,2,5-6,9-11H2,1H3,(H2,23,29)(H,24,28). The third-order valence-corrected chi connectivity index (χ3v) is 7.66. The molecule has 3 aromatic rings. The number of nitrogens with one attached hydrogen (secondary N) is 1. The molecule has 0 aliphatic heterocycles. The largest absolute Gasteiger partial charge is 0.484 e. The number of halogens is 1. The van der Waals surface area contributed by atoms with Gasteiger partial charge in [-0.05, 0) is 43.4 Å². The van der Waals surface area contributed by atoms with Crippen LogP contribution in [0.15, 0.2) is 29.4 Å². The topological polar surface area (TPSA) is 112 Å². The lowest BCUT2D eigenvalue weighted by Crippen LogP contribution is -2.19. The first kappa shape index (κ1) is 22.6. The molecule has 0 saturated carbocycles. The molecule has 8 nitrogen and oxygen atoms in total. The smallest absolute Gasteiger partial charge is 0.251 e. The molecule has 168 valence electrons. The highest BCUT2D eigenvalue weighted by molar-refractivity contribution is 7.99. The number of thiophene rings is 1. The number of fused-ring (bicyclic) bond motifs is 1. The summed E-state index contributed by atoms with van der Waals surface area (Å²) in [6.45, 7) is 0.197. The molecule has 0 bridgehead atoms. The van der Waals surface area contributed by atoms with E-state index in [-0.39, 0.29) is 18.3 Å². The summed E-state index contributed by atoms with van der Waals surface area (Å²) in [6.07, 6.45) is 3.86. The van der Waals surface area contributed by atoms with Crippen LogP contribution >= 0.6 is 34.7 Å². The number of hydrogen-bond acceptors (Lipinski definition) is 7. The molecule has 0 radical (unpaired) electrons. The fourth-order valence-electron chi connectivity index (χ4n) is 3.51. The van der Waals surface area contributed by atoms with E-state index in [9.17, 15) is 9.59 Å². The van der Waals surface area contributed by atoms with Crippen LogP contribution < -0.4 is 15.8 Å². The molecule has 0 unspecified atom stereocenters. The van der Waals surface area contributed by atoms with Crippen molar-refractivity contribution >= 4 is 51.5 Å². The van der Waals surface area contributed by atoms with E-state index in [4.69, 9.17) is 22.1 Å². The van der Waals surface area contributed by atoms with E-state index < -0.39 is 5.91 Å². The van der Waals surface area contributed by atoms with Gasteiger partial charge in [-0.2, -0.15) is 0 Å². The molecule has 3 N–H and O–H groups in total. The van der Waals surface area contributed by atoms with Gasteiger partial charge in [0.25, 0.3) is 5.91 Å². The lowest BCUT2D eigenvalue weighted by atomic mass is 9.95. The van der Waals surface area contributed by atoms with Gasteiger partial charge in [-0.25, -0.2) is 0 Å². The number of aryl methyl sites for hydroxylation is 1. The summed E-state index contributed by atoms with van der Waals surface area (Å²) in [5.74, 6) is 0.569. The summed E-state index contributed by atoms with van der Waals surface area (Å²) in [4.78, 5) is 25.7. The van der Waals surface area contributed by atoms with Gasteiger partial charge in [-0.15, -0.1) is 21.5 Å². The molecule has 0 atom stereocenters. The zero-order valence-corrected chi connectivity index (χ0v) is 19.8. The fourth-order valence-corrected chi connectivity index (χ4v) is 5.74. The van der Waals surface area contributed by atoms with Crippen LogP contribution in [-0.4, -0.2) is 32.3 Å². The molecular weight excluding hydrogens is 470 g/mol. The highest BCUT2D eigenvalue weighted by atomic mass is 35.5. The highest BCUT2D eigenvalue weighted by Crippen LogP contribution is 2.38. The molecule has 1 aromatic carbocycles. The number of carbonyl (C=O) groups is 2. The van der Waals surface area contributed by atoms with Crippen LogP contribution in [0.4, 0.5) is 5.00 Å². The number of amides is 2. The molecule has 2 aromatic heterocycles. The van der Waals surface area contributed by atoms with Crippen molar-refractivity contribution < 1.29 is 14.3 Å². The quantitative estimate of drug-likeness (QED) is 0.463. The summed E-state index contributed by atoms with van der Waals surface area (Å²) >= 11 is 8.81. The van der Waals surface area contributed by atoms with Gasteiger partial charge >= 0.3 is 0 Å². The van der Waals surface area contributed by atoms with Crippen molar-refractivity contribution in [2.75, 3.05) is 11.1 Å². The summed E-state index contributed by atoms with van der Waals surface area (Å²) in [7, 11) is 1.81. The van der Waals surface area contributed by atoms with Gasteiger partial charge in [-0.3, -0.25) is 9.59 Å². The number of nitrogens with zero attached hydrogens (tertiary/aromatic N) is 3. The maximum atomic E-state index is 12.6. The summed E-state index contributed by atoms with van der Waals surface area (Å²) in [6, 6.07) is 7.20. The first-order valence-electron chi connectivity index (χ1n) is 10.1. The van der Waals surface area contributed by atoms with Gasteiger partial charge in [-0.1, -0.05) is 35.5 Å². The van der Waals surface area contributed by atoms with Crippen LogP contribution in [0.25, 0.3) is 0 Å². The van der Waals surface area contributed by atoms with E-state index in [1.165, 1.54) is 23.1 Å². The average Bonchev–Trinajstić information content (AvgIpc) is 3.31. The highest BCUT2D eigenvalue weighted by Gasteiger charge is 2.25. The van der Waals surface area contributed by atoms with Gasteiger partial charge in [0, 0.05) is 11.9 Å². The van der Waals surface area contributed by atoms with Crippen LogP contribution in [-0.2, 0) is 31.3 Å². The lowest BCUT2D eigenvalue weighted by Gasteiger charge is -2.11. The Labute approximate surface area is 198 Å². The van der Waals surface area contributed by atoms with E-state index >= 15 is 0 Å². The van der Waals surface area contributed by atoms with E-state index in [2.05, 4.69) is 15.5 Å². The fraction of sp³-hybridized carbons (Fsp3) is 0.333. The predicted octanol–water partition coefficient (Wildman–Crippen LogP) is 3.82. The first-order valence-corrected chi connectivity index (χ1v) is 12.2. The number of primary amides is 1. The monoisotopic (exact) mass is 491 g/mol. The Morgan fingerprint density at radius 1 is 1.28 bits per heavy atom. The zero-order chi connectivity index (χ0) is 22.7. The minimum Gasteiger partial charge on any atom is -0.484 e. The molecule has 2 heterocycles. The molecule has 2 amide bonds. The number of rotatable bonds is 8. The number of nitrogens with two attached hydrogens (primary N) is 1. The molecule has 11 heteroatoms. The number of para-hydroxylation sites is 1. The van der Waals surface area contributed by atoms with Crippen LogP contribution in [0.2, 0.25) is 5.02 Å². The van der Waals surface area contributed by atoms with Gasteiger partial charge in [0.15, 0.2) is 11.0 Å². The molecular formula is C21H22ClN5O3S2. The molecule has 0 saturated heterocycles. The third kappa shape index (κ3) is 4.92. The summed E-state index contributed by atoms with van der Waals surface area (Å²) < 4.78 is 7.48. The Bertz CT molecular complexity index is 1160. The second-order valence-electron chi connectivity index (χ2n) is 7.29. The number of hydrogen-bond donors (Lipinski definition) is 2. The Balaban J connectivity index is 1.36. The number of thioether (sulfide) groups is 1. The van der Waals surface area contributed by atoms with Crippen molar-refractivity contribution in [3.05, 3.63) is 51.1 Å². The summed E-state index contributed by atoms with van der Waals surface area (Å²) in [5, 5.41) is 12.8. The van der Waals surface area contributed by atoms with Gasteiger partial charge in [0.05, 0.1) is 16.3 Å². The van der Waals surface area contributed by atoms with Crippen molar-refractivity contribution in [1.82, 2.24) is 14.8 Å². The molecule has 4 rings (SSSR count). The van der Waals surface area contributed by atoms with Crippen molar-refractivity contribution in [1.29, 1.82) is 0 Å². The predicted molar refractivity (Wildman–Crippen MR) is 126 cm³/mol. The minimum absolute atomic E-state index is 0.123. The van der Waals surface area contributed by atoms with E-state index in [1.807, 2.05) is 19.2 Å². The van der Waals surface area contributed by atoms with Crippen molar-refractivity contribution in [2.24, 2.45) is 12.8 Å². The van der Waals surface area contributed by atoms with Crippen LogP contribution in [0.1, 0.15) is 39.5 Å². The van der Waals surface area contributed by atoms with Crippen LogP contribution in [0.5, 0.6) is 5.75 Å². The van der Waals surface area contributed by atoms with Gasteiger partial charge in [0.1, 0.15) is 17.4 Å². The van der Waals surface area contributed by atoms with Crippen molar-refractivity contribution in [2.45, 2.75) is 37.4 Å². The molecule has 32 heavy (non-hydrogen) atoms. The minimum atomic E-state index is -0.496. The first-order chi connectivity index (χ1) is 15.4. The summed E-state index contributed by atoms with van der Waals surface area (Å²) in [5.41, 5.74) is 7.05. The maximum Gasteiger partial charge on any atom is 0.251 e. The molecule has 1 aliphatic carbocycles. The maximum absolute atomic E-state index is 12.6. The van der Waals surface area contributed by atoms with Gasteiger partial charge < -0.3 is 20.4 Å². The van der Waals surface area contributed by atoms with Gasteiger partial charge in [0.2, 0.25) is 5.91 Å². The Hall–Kier alpha value is -2.56. The Morgan fingerprint density at radius 3 is 2.84 bits per heavy atom. The van der Waals surface area contributed by atoms with Crippen LogP contribution in [0, 0.1) is 0 Å². The van der Waals surface area contributed by atoms with E-state index in [0.29, 0.717) is 32.3 Å². The Morgan fingerprint density at radius 2 is 2.06 bits per heavy atom. The van der Waals surface area contributed by atoms with E-state index in [0.717, 1.165) is 36.1 Å². The second kappa shape index (κ2) is 9.93. The van der Waals surface area contributed by atoms with Crippen LogP contribution in [0.3, 0.4) is 0 Å². The SMILES string of the molecule is Cn1c(COc2ccccc2Cl)nnc1SCC(=O)Nc1sc2c(c1C(N)=O)CCCC2. The van der Waals surface area contributed by atoms with Crippen molar-refractivity contribution in [3.8, 4) is 5.75 Å². The third-order valence-electron chi connectivity index (χ3n) is 5.12. The van der Waals surface area contributed by atoms with E-state index in [1.54, 1.807) is 16.7 Å². The molecule has 0 spiro atoms. The number of anilines is 1. The molecule has 0 fully saturated rings. The lowest BCUT2D eigenvalue weighted by molar-refractivity contribution is -0.113. The second-order valence-corrected chi connectivity index (χ2v) is 9.75. The normalized spacial score (nSPS) is 12.9. The number of carbonyl (C=O) groups excluding carboxylic acids is 2.